The minimum absolute atomic E-state index is 0.145. The minimum atomic E-state index is 0.145. The van der Waals surface area contributed by atoms with E-state index < -0.39 is 0 Å². The lowest BCUT2D eigenvalue weighted by molar-refractivity contribution is 0.456. The third-order valence-corrected chi connectivity index (χ3v) is 3.30. The van der Waals surface area contributed by atoms with Crippen molar-refractivity contribution in [1.29, 1.82) is 0 Å². The van der Waals surface area contributed by atoms with E-state index in [0.29, 0.717) is 11.4 Å². The molecule has 4 nitrogen and oxygen atoms in total. The van der Waals surface area contributed by atoms with Crippen LogP contribution in [0.1, 0.15) is 5.69 Å². The summed E-state index contributed by atoms with van der Waals surface area (Å²) in [6, 6.07) is 5.52. The summed E-state index contributed by atoms with van der Waals surface area (Å²) in [7, 11) is 0. The summed E-state index contributed by atoms with van der Waals surface area (Å²) in [5.41, 5.74) is 5.92. The molecule has 0 unspecified atom stereocenters. The van der Waals surface area contributed by atoms with E-state index in [1.54, 1.807) is 6.07 Å². The Kier molecular flexibility index (Phi) is 4.26. The third kappa shape index (κ3) is 3.04. The number of benzene rings is 1. The number of thiocarbonyl (C=S) groups is 1. The smallest absolute Gasteiger partial charge is 0.248 e. The van der Waals surface area contributed by atoms with E-state index >= 15 is 0 Å². The van der Waals surface area contributed by atoms with Gasteiger partial charge in [0.05, 0.1) is 4.47 Å². The second-order valence-corrected chi connectivity index (χ2v) is 5.46. The van der Waals surface area contributed by atoms with Crippen molar-refractivity contribution >= 4 is 49.1 Å². The maximum atomic E-state index is 5.65. The zero-order valence-electron chi connectivity index (χ0n) is 8.93. The van der Waals surface area contributed by atoms with Crippen LogP contribution in [0.3, 0.4) is 0 Å². The maximum absolute atomic E-state index is 5.65. The summed E-state index contributed by atoms with van der Waals surface area (Å²) >= 11 is 11.7. The summed E-state index contributed by atoms with van der Waals surface area (Å²) in [5, 5.41) is 0. The number of aromatic nitrogens is 2. The minimum Gasteiger partial charge on any atom is -0.436 e. The van der Waals surface area contributed by atoms with Crippen LogP contribution in [0, 0.1) is 0 Å². The highest BCUT2D eigenvalue weighted by atomic mass is 79.9. The summed E-state index contributed by atoms with van der Waals surface area (Å²) in [5.74, 6) is 0.893. The van der Waals surface area contributed by atoms with E-state index in [1.165, 1.54) is 12.4 Å². The van der Waals surface area contributed by atoms with Crippen molar-refractivity contribution < 1.29 is 4.74 Å². The van der Waals surface area contributed by atoms with Crippen LogP contribution < -0.4 is 10.5 Å². The lowest BCUT2D eigenvalue weighted by Gasteiger charge is -2.09. The van der Waals surface area contributed by atoms with Crippen molar-refractivity contribution in [2.24, 2.45) is 5.73 Å². The molecule has 1 heterocycles. The Labute approximate surface area is 126 Å². The van der Waals surface area contributed by atoms with Gasteiger partial charge in [-0.3, -0.25) is 0 Å². The van der Waals surface area contributed by atoms with Gasteiger partial charge in [0, 0.05) is 16.9 Å². The molecule has 0 spiro atoms. The number of nitrogens with zero attached hydrogens (tertiary/aromatic N) is 2. The molecule has 0 saturated carbocycles. The molecule has 1 aromatic heterocycles. The van der Waals surface area contributed by atoms with E-state index in [9.17, 15) is 0 Å². The number of hydrogen-bond donors (Lipinski definition) is 1. The van der Waals surface area contributed by atoms with Crippen LogP contribution in [0.4, 0.5) is 0 Å². The Balaban J connectivity index is 2.37. The van der Waals surface area contributed by atoms with E-state index in [4.69, 9.17) is 22.7 Å². The molecule has 0 amide bonds. The summed E-state index contributed by atoms with van der Waals surface area (Å²) in [6.45, 7) is 0. The maximum Gasteiger partial charge on any atom is 0.248 e. The van der Waals surface area contributed by atoms with Crippen molar-refractivity contribution in [2.75, 3.05) is 0 Å². The first-order valence-electron chi connectivity index (χ1n) is 4.81. The van der Waals surface area contributed by atoms with Gasteiger partial charge in [0.2, 0.25) is 5.88 Å². The summed E-state index contributed by atoms with van der Waals surface area (Å²) in [6.07, 6.45) is 3.03. The van der Waals surface area contributed by atoms with E-state index in [-0.39, 0.29) is 10.9 Å². The molecular formula is C11H7Br2N3OS. The first-order chi connectivity index (χ1) is 8.58. The normalized spacial score (nSPS) is 10.1. The number of nitrogens with two attached hydrogens (primary N) is 1. The molecule has 2 N–H and O–H groups in total. The molecule has 0 aliphatic rings. The molecule has 0 atom stereocenters. The molecule has 92 valence electrons. The van der Waals surface area contributed by atoms with Gasteiger partial charge in [0.1, 0.15) is 10.7 Å². The Morgan fingerprint density at radius 3 is 2.61 bits per heavy atom. The standard InChI is InChI=1S/C11H7Br2N3OS/c12-6-1-2-8(7(13)5-6)17-11-9(10(14)18)15-3-4-16-11/h1-5H,(H2,14,18). The van der Waals surface area contributed by atoms with Gasteiger partial charge in [-0.25, -0.2) is 9.97 Å². The Bertz CT molecular complexity index is 607. The fourth-order valence-electron chi connectivity index (χ4n) is 1.23. The van der Waals surface area contributed by atoms with Gasteiger partial charge in [-0.05, 0) is 34.1 Å². The quantitative estimate of drug-likeness (QED) is 0.816. The second kappa shape index (κ2) is 5.73. The SMILES string of the molecule is NC(=S)c1nccnc1Oc1ccc(Br)cc1Br. The first kappa shape index (κ1) is 13.4. The lowest BCUT2D eigenvalue weighted by atomic mass is 10.3. The summed E-state index contributed by atoms with van der Waals surface area (Å²) in [4.78, 5) is 8.26. The molecule has 1 aromatic carbocycles. The molecule has 0 bridgehead atoms. The van der Waals surface area contributed by atoms with Crippen molar-refractivity contribution in [3.05, 3.63) is 45.2 Å². The molecular weight excluding hydrogens is 382 g/mol. The highest BCUT2D eigenvalue weighted by Crippen LogP contribution is 2.31. The van der Waals surface area contributed by atoms with Crippen molar-refractivity contribution in [3.63, 3.8) is 0 Å². The van der Waals surface area contributed by atoms with E-state index in [1.807, 2.05) is 12.1 Å². The van der Waals surface area contributed by atoms with Crippen molar-refractivity contribution in [1.82, 2.24) is 9.97 Å². The molecule has 2 rings (SSSR count). The average molecular weight is 389 g/mol. The van der Waals surface area contributed by atoms with Crippen LogP contribution in [0.15, 0.2) is 39.5 Å². The molecule has 0 fully saturated rings. The zero-order valence-corrected chi connectivity index (χ0v) is 12.9. The van der Waals surface area contributed by atoms with Gasteiger partial charge < -0.3 is 10.5 Å². The Hall–Kier alpha value is -1.05. The topological polar surface area (TPSA) is 61.0 Å². The second-order valence-electron chi connectivity index (χ2n) is 3.25. The van der Waals surface area contributed by atoms with Gasteiger partial charge in [-0.15, -0.1) is 0 Å². The van der Waals surface area contributed by atoms with Crippen LogP contribution >= 0.6 is 44.1 Å². The number of ether oxygens (including phenoxy) is 1. The van der Waals surface area contributed by atoms with E-state index in [0.717, 1.165) is 8.95 Å². The van der Waals surface area contributed by atoms with E-state index in [2.05, 4.69) is 41.8 Å². The number of rotatable bonds is 3. The fourth-order valence-corrected chi connectivity index (χ4v) is 2.50. The van der Waals surface area contributed by atoms with Gasteiger partial charge in [0.15, 0.2) is 5.69 Å². The number of hydrogen-bond acceptors (Lipinski definition) is 4. The summed E-state index contributed by atoms with van der Waals surface area (Å²) < 4.78 is 7.38. The molecule has 2 aromatic rings. The van der Waals surface area contributed by atoms with Gasteiger partial charge in [0.25, 0.3) is 0 Å². The number of halogens is 2. The van der Waals surface area contributed by atoms with Gasteiger partial charge >= 0.3 is 0 Å². The van der Waals surface area contributed by atoms with Gasteiger partial charge in [-0.2, -0.15) is 0 Å². The van der Waals surface area contributed by atoms with Crippen LogP contribution in [-0.2, 0) is 0 Å². The van der Waals surface area contributed by atoms with Gasteiger partial charge in [-0.1, -0.05) is 28.1 Å². The molecule has 0 saturated heterocycles. The average Bonchev–Trinajstić information content (AvgIpc) is 2.33. The predicted molar refractivity (Wildman–Crippen MR) is 79.8 cm³/mol. The zero-order chi connectivity index (χ0) is 13.1. The van der Waals surface area contributed by atoms with Crippen LogP contribution in [0.25, 0.3) is 0 Å². The molecule has 0 aliphatic heterocycles. The lowest BCUT2D eigenvalue weighted by Crippen LogP contribution is -2.13. The van der Waals surface area contributed by atoms with Crippen LogP contribution in [0.2, 0.25) is 0 Å². The van der Waals surface area contributed by atoms with Crippen LogP contribution in [-0.4, -0.2) is 15.0 Å². The van der Waals surface area contributed by atoms with Crippen molar-refractivity contribution in [3.8, 4) is 11.6 Å². The monoisotopic (exact) mass is 387 g/mol. The highest BCUT2D eigenvalue weighted by Gasteiger charge is 2.11. The molecule has 0 radical (unpaired) electrons. The molecule has 18 heavy (non-hydrogen) atoms. The first-order valence-corrected chi connectivity index (χ1v) is 6.81. The Morgan fingerprint density at radius 2 is 1.94 bits per heavy atom. The Morgan fingerprint density at radius 1 is 1.22 bits per heavy atom. The largest absolute Gasteiger partial charge is 0.436 e. The fraction of sp³-hybridized carbons (Fsp3) is 0. The van der Waals surface area contributed by atoms with Crippen molar-refractivity contribution in [2.45, 2.75) is 0 Å². The molecule has 0 aliphatic carbocycles. The highest BCUT2D eigenvalue weighted by molar-refractivity contribution is 9.11. The van der Waals surface area contributed by atoms with Crippen LogP contribution in [0.5, 0.6) is 11.6 Å². The third-order valence-electron chi connectivity index (χ3n) is 2.00. The predicted octanol–water partition coefficient (Wildman–Crippen LogP) is 3.43. The molecule has 7 heteroatoms.